The summed E-state index contributed by atoms with van der Waals surface area (Å²) in [5, 5.41) is 17.0. The summed E-state index contributed by atoms with van der Waals surface area (Å²) in [6.45, 7) is 3.00. The maximum atomic E-state index is 9.59. The molecule has 1 heterocycles. The largest absolute Gasteiger partial charge is 0.384 e. The van der Waals surface area contributed by atoms with Gasteiger partial charge in [-0.1, -0.05) is 12.1 Å². The van der Waals surface area contributed by atoms with Gasteiger partial charge in [-0.25, -0.2) is 4.68 Å². The van der Waals surface area contributed by atoms with Crippen LogP contribution >= 0.6 is 0 Å². The van der Waals surface area contributed by atoms with E-state index in [1.807, 2.05) is 6.92 Å². The zero-order valence-corrected chi connectivity index (χ0v) is 7.97. The molecule has 5 heteroatoms. The molecule has 0 bridgehead atoms. The molecule has 0 amide bonds. The van der Waals surface area contributed by atoms with E-state index in [4.69, 9.17) is 4.74 Å². The van der Waals surface area contributed by atoms with E-state index in [1.165, 1.54) is 0 Å². The number of ether oxygens (including phenoxy) is 1. The van der Waals surface area contributed by atoms with Crippen LogP contribution in [0, 0.1) is 0 Å². The first-order valence-electron chi connectivity index (χ1n) is 4.36. The standard InChI is InChI=1S/C8H15N3O2/c1-3-4-13-6-8(12)7-5-9-10-11(7)2/h5,8,12H,3-4,6H2,1-2H3. The van der Waals surface area contributed by atoms with Crippen LogP contribution in [0.3, 0.4) is 0 Å². The summed E-state index contributed by atoms with van der Waals surface area (Å²) in [5.41, 5.74) is 0.677. The van der Waals surface area contributed by atoms with Gasteiger partial charge in [0, 0.05) is 13.7 Å². The average Bonchev–Trinajstić information content (AvgIpc) is 2.52. The Balaban J connectivity index is 2.39. The van der Waals surface area contributed by atoms with Gasteiger partial charge in [0.25, 0.3) is 0 Å². The average molecular weight is 185 g/mol. The summed E-state index contributed by atoms with van der Waals surface area (Å²) >= 11 is 0. The molecule has 0 aliphatic heterocycles. The molecule has 0 aliphatic carbocycles. The van der Waals surface area contributed by atoms with Gasteiger partial charge in [-0.2, -0.15) is 0 Å². The van der Waals surface area contributed by atoms with Crippen molar-refractivity contribution in [2.45, 2.75) is 19.4 Å². The van der Waals surface area contributed by atoms with Crippen molar-refractivity contribution in [1.82, 2.24) is 15.0 Å². The van der Waals surface area contributed by atoms with Crippen molar-refractivity contribution in [3.05, 3.63) is 11.9 Å². The minimum atomic E-state index is -0.633. The van der Waals surface area contributed by atoms with E-state index in [0.29, 0.717) is 18.9 Å². The molecule has 1 aromatic rings. The van der Waals surface area contributed by atoms with Crippen molar-refractivity contribution in [1.29, 1.82) is 0 Å². The fourth-order valence-corrected chi connectivity index (χ4v) is 1.02. The maximum Gasteiger partial charge on any atom is 0.120 e. The molecule has 1 unspecified atom stereocenters. The van der Waals surface area contributed by atoms with Gasteiger partial charge in [0.05, 0.1) is 18.5 Å². The molecule has 0 aliphatic rings. The van der Waals surface area contributed by atoms with Crippen LogP contribution < -0.4 is 0 Å². The van der Waals surface area contributed by atoms with Gasteiger partial charge in [-0.15, -0.1) is 5.10 Å². The summed E-state index contributed by atoms with van der Waals surface area (Å²) in [6.07, 6.45) is 1.86. The molecule has 0 saturated heterocycles. The topological polar surface area (TPSA) is 60.2 Å². The Hall–Kier alpha value is -0.940. The van der Waals surface area contributed by atoms with Crippen molar-refractivity contribution in [2.24, 2.45) is 7.05 Å². The third kappa shape index (κ3) is 2.78. The number of aliphatic hydroxyl groups is 1. The highest BCUT2D eigenvalue weighted by molar-refractivity contribution is 4.97. The van der Waals surface area contributed by atoms with Gasteiger partial charge in [-0.05, 0) is 6.42 Å². The quantitative estimate of drug-likeness (QED) is 0.669. The van der Waals surface area contributed by atoms with E-state index in [-0.39, 0.29) is 0 Å². The van der Waals surface area contributed by atoms with Gasteiger partial charge in [0.1, 0.15) is 6.10 Å². The lowest BCUT2D eigenvalue weighted by molar-refractivity contribution is 0.0323. The van der Waals surface area contributed by atoms with E-state index in [1.54, 1.807) is 17.9 Å². The van der Waals surface area contributed by atoms with Crippen molar-refractivity contribution >= 4 is 0 Å². The van der Waals surface area contributed by atoms with Crippen LogP contribution in [0.5, 0.6) is 0 Å². The SMILES string of the molecule is CCCOCC(O)c1cnnn1C. The van der Waals surface area contributed by atoms with Crippen LogP contribution in [0.2, 0.25) is 0 Å². The summed E-state index contributed by atoms with van der Waals surface area (Å²) in [7, 11) is 1.74. The minimum Gasteiger partial charge on any atom is -0.384 e. The molecular formula is C8H15N3O2. The van der Waals surface area contributed by atoms with Crippen molar-refractivity contribution < 1.29 is 9.84 Å². The van der Waals surface area contributed by atoms with Gasteiger partial charge in [-0.3, -0.25) is 0 Å². The molecule has 1 aromatic heterocycles. The molecule has 13 heavy (non-hydrogen) atoms. The Morgan fingerprint density at radius 1 is 1.69 bits per heavy atom. The van der Waals surface area contributed by atoms with Crippen molar-refractivity contribution in [2.75, 3.05) is 13.2 Å². The molecular weight excluding hydrogens is 170 g/mol. The van der Waals surface area contributed by atoms with Gasteiger partial charge >= 0.3 is 0 Å². The van der Waals surface area contributed by atoms with Crippen LogP contribution in [0.4, 0.5) is 0 Å². The van der Waals surface area contributed by atoms with Crippen LogP contribution in [-0.2, 0) is 11.8 Å². The van der Waals surface area contributed by atoms with Crippen molar-refractivity contribution in [3.63, 3.8) is 0 Å². The molecule has 1 rings (SSSR count). The number of nitrogens with zero attached hydrogens (tertiary/aromatic N) is 3. The number of hydrogen-bond acceptors (Lipinski definition) is 4. The lowest BCUT2D eigenvalue weighted by atomic mass is 10.3. The Kier molecular flexibility index (Phi) is 3.85. The smallest absolute Gasteiger partial charge is 0.120 e. The number of hydrogen-bond donors (Lipinski definition) is 1. The maximum absolute atomic E-state index is 9.59. The molecule has 0 radical (unpaired) electrons. The molecule has 1 atom stereocenters. The normalized spacial score (nSPS) is 13.2. The van der Waals surface area contributed by atoms with E-state index in [2.05, 4.69) is 10.3 Å². The van der Waals surface area contributed by atoms with Crippen LogP contribution in [-0.4, -0.2) is 33.3 Å². The summed E-state index contributed by atoms with van der Waals surface area (Å²) in [4.78, 5) is 0. The zero-order valence-electron chi connectivity index (χ0n) is 7.97. The molecule has 1 N–H and O–H groups in total. The molecule has 0 fully saturated rings. The van der Waals surface area contributed by atoms with Crippen LogP contribution in [0.1, 0.15) is 25.1 Å². The predicted octanol–water partition coefficient (Wildman–Crippen LogP) is 0.275. The number of aryl methyl sites for hydroxylation is 1. The highest BCUT2D eigenvalue weighted by Gasteiger charge is 2.11. The summed E-state index contributed by atoms with van der Waals surface area (Å²) in [6, 6.07) is 0. The van der Waals surface area contributed by atoms with Gasteiger partial charge < -0.3 is 9.84 Å². The lowest BCUT2D eigenvalue weighted by Crippen LogP contribution is -2.11. The van der Waals surface area contributed by atoms with Crippen LogP contribution in [0.25, 0.3) is 0 Å². The fraction of sp³-hybridized carbons (Fsp3) is 0.750. The molecule has 74 valence electrons. The highest BCUT2D eigenvalue weighted by Crippen LogP contribution is 2.09. The summed E-state index contributed by atoms with van der Waals surface area (Å²) in [5.74, 6) is 0. The number of aromatic nitrogens is 3. The van der Waals surface area contributed by atoms with E-state index in [9.17, 15) is 5.11 Å². The molecule has 0 saturated carbocycles. The lowest BCUT2D eigenvalue weighted by Gasteiger charge is -2.09. The van der Waals surface area contributed by atoms with Gasteiger partial charge in [0.15, 0.2) is 0 Å². The second kappa shape index (κ2) is 4.94. The second-order valence-corrected chi connectivity index (χ2v) is 2.87. The number of rotatable bonds is 5. The van der Waals surface area contributed by atoms with E-state index in [0.717, 1.165) is 6.42 Å². The zero-order chi connectivity index (χ0) is 9.68. The van der Waals surface area contributed by atoms with Gasteiger partial charge in [0.2, 0.25) is 0 Å². The Morgan fingerprint density at radius 2 is 2.46 bits per heavy atom. The first-order valence-corrected chi connectivity index (χ1v) is 4.36. The fourth-order valence-electron chi connectivity index (χ4n) is 1.02. The highest BCUT2D eigenvalue weighted by atomic mass is 16.5. The Labute approximate surface area is 77.3 Å². The molecule has 5 nitrogen and oxygen atoms in total. The van der Waals surface area contributed by atoms with Crippen molar-refractivity contribution in [3.8, 4) is 0 Å². The summed E-state index contributed by atoms with van der Waals surface area (Å²) < 4.78 is 6.75. The third-order valence-electron chi connectivity index (χ3n) is 1.72. The third-order valence-corrected chi connectivity index (χ3v) is 1.72. The first-order chi connectivity index (χ1) is 6.25. The van der Waals surface area contributed by atoms with Crippen LogP contribution in [0.15, 0.2) is 6.20 Å². The van der Waals surface area contributed by atoms with E-state index < -0.39 is 6.10 Å². The van der Waals surface area contributed by atoms with E-state index >= 15 is 0 Å². The monoisotopic (exact) mass is 185 g/mol. The second-order valence-electron chi connectivity index (χ2n) is 2.87. The predicted molar refractivity (Wildman–Crippen MR) is 47.1 cm³/mol. The Bertz CT molecular complexity index is 249. The first kappa shape index (κ1) is 10.1. The molecule has 0 spiro atoms. The number of aliphatic hydroxyl groups excluding tert-OH is 1. The minimum absolute atomic E-state index is 0.301. The molecule has 0 aromatic carbocycles. The Morgan fingerprint density at radius 3 is 3.00 bits per heavy atom.